The Balaban J connectivity index is 1.86. The topological polar surface area (TPSA) is 85.9 Å². The Hall–Kier alpha value is -3.17. The number of carbonyl (C=O) groups is 1. The molecule has 0 unspecified atom stereocenters. The van der Waals surface area contributed by atoms with Gasteiger partial charge in [0.25, 0.3) is 5.91 Å². The minimum atomic E-state index is -0.298. The number of nitriles is 1. The molecule has 2 aromatic carbocycles. The van der Waals surface area contributed by atoms with Gasteiger partial charge in [-0.2, -0.15) is 5.26 Å². The second-order valence-electron chi connectivity index (χ2n) is 6.50. The summed E-state index contributed by atoms with van der Waals surface area (Å²) in [6.45, 7) is 2.12. The zero-order valence-corrected chi connectivity index (χ0v) is 15.3. The minimum Gasteiger partial charge on any atom is -0.399 e. The lowest BCUT2D eigenvalue weighted by atomic mass is 9.96. The third-order valence-corrected chi connectivity index (χ3v) is 4.78. The molecule has 1 N–H and O–H groups in total. The van der Waals surface area contributed by atoms with E-state index in [1.54, 1.807) is 17.0 Å². The summed E-state index contributed by atoms with van der Waals surface area (Å²) in [5, 5.41) is 22.9. The van der Waals surface area contributed by atoms with Gasteiger partial charge in [-0.1, -0.05) is 35.5 Å². The van der Waals surface area contributed by atoms with Crippen LogP contribution in [-0.2, 0) is 4.84 Å². The highest BCUT2D eigenvalue weighted by atomic mass is 16.6. The molecule has 0 spiro atoms. The molecule has 3 rings (SSSR count). The minimum absolute atomic E-state index is 0.124. The van der Waals surface area contributed by atoms with Crippen LogP contribution in [0.4, 0.5) is 0 Å². The van der Waals surface area contributed by atoms with Crippen LogP contribution in [0.1, 0.15) is 27.9 Å². The number of hydrogen-bond donors (Lipinski definition) is 1. The smallest absolute Gasteiger partial charge is 0.254 e. The number of nitrogens with zero attached hydrogens (tertiary/aromatic N) is 3. The Kier molecular flexibility index (Phi) is 5.53. The van der Waals surface area contributed by atoms with Crippen molar-refractivity contribution in [1.29, 1.82) is 5.26 Å². The molecule has 0 aromatic heterocycles. The molecule has 1 heterocycles. The predicted octanol–water partition coefficient (Wildman–Crippen LogP) is 2.74. The Morgan fingerprint density at radius 2 is 2.07 bits per heavy atom. The summed E-state index contributed by atoms with van der Waals surface area (Å²) in [5.41, 5.74) is 4.55. The van der Waals surface area contributed by atoms with Crippen molar-refractivity contribution in [3.8, 4) is 17.2 Å². The normalized spacial score (nSPS) is 17.8. The molecule has 1 saturated heterocycles. The standard InChI is InChI=1S/C21H21N3O3/c1-14-4-3-5-19(20(14)11-22)15-6-8-16(9-7-15)21(26)24-12-17(23-27-2)10-18(24)13-25/h3-9,18,25H,10,12-13H2,1-2H3/b23-17+/t18-/m0/s1. The number of benzene rings is 2. The molecule has 0 bridgehead atoms. The SMILES string of the molecule is CO/N=C1\C[C@@H](CO)N(C(=O)c2ccc(-c3cccc(C)c3C#N)cc2)C1. The fourth-order valence-corrected chi connectivity index (χ4v) is 3.38. The maximum atomic E-state index is 12.9. The molecule has 0 saturated carbocycles. The van der Waals surface area contributed by atoms with E-state index in [9.17, 15) is 15.2 Å². The van der Waals surface area contributed by atoms with Crippen LogP contribution in [0.2, 0.25) is 0 Å². The number of aliphatic hydroxyl groups excluding tert-OH is 1. The van der Waals surface area contributed by atoms with Crippen LogP contribution in [0.25, 0.3) is 11.1 Å². The third-order valence-electron chi connectivity index (χ3n) is 4.78. The zero-order valence-electron chi connectivity index (χ0n) is 15.3. The average Bonchev–Trinajstić information content (AvgIpc) is 3.10. The van der Waals surface area contributed by atoms with E-state index in [4.69, 9.17) is 4.84 Å². The van der Waals surface area contributed by atoms with Gasteiger partial charge in [-0.3, -0.25) is 4.79 Å². The van der Waals surface area contributed by atoms with Crippen molar-refractivity contribution in [2.75, 3.05) is 20.3 Å². The van der Waals surface area contributed by atoms with Gasteiger partial charge in [0, 0.05) is 12.0 Å². The van der Waals surface area contributed by atoms with E-state index in [0.717, 1.165) is 22.4 Å². The highest BCUT2D eigenvalue weighted by Crippen LogP contribution is 2.27. The van der Waals surface area contributed by atoms with Crippen LogP contribution < -0.4 is 0 Å². The van der Waals surface area contributed by atoms with E-state index in [2.05, 4.69) is 11.2 Å². The lowest BCUT2D eigenvalue weighted by Gasteiger charge is -2.22. The molecule has 0 aliphatic carbocycles. The quantitative estimate of drug-likeness (QED) is 0.847. The van der Waals surface area contributed by atoms with Crippen molar-refractivity contribution in [2.24, 2.45) is 5.16 Å². The van der Waals surface area contributed by atoms with Crippen LogP contribution in [0.5, 0.6) is 0 Å². The van der Waals surface area contributed by atoms with E-state index in [-0.39, 0.29) is 18.6 Å². The van der Waals surface area contributed by atoms with E-state index in [0.29, 0.717) is 24.1 Å². The first-order valence-corrected chi connectivity index (χ1v) is 8.70. The zero-order chi connectivity index (χ0) is 19.4. The average molecular weight is 363 g/mol. The Morgan fingerprint density at radius 3 is 2.70 bits per heavy atom. The number of carbonyl (C=O) groups excluding carboxylic acids is 1. The number of aryl methyl sites for hydroxylation is 1. The van der Waals surface area contributed by atoms with Gasteiger partial charge in [0.2, 0.25) is 0 Å². The van der Waals surface area contributed by atoms with Gasteiger partial charge in [-0.15, -0.1) is 0 Å². The molecule has 2 aromatic rings. The van der Waals surface area contributed by atoms with Crippen molar-refractivity contribution >= 4 is 11.6 Å². The van der Waals surface area contributed by atoms with Gasteiger partial charge in [0.15, 0.2) is 0 Å². The lowest BCUT2D eigenvalue weighted by molar-refractivity contribution is 0.0680. The molecule has 1 aliphatic heterocycles. The fourth-order valence-electron chi connectivity index (χ4n) is 3.38. The van der Waals surface area contributed by atoms with Gasteiger partial charge in [0.1, 0.15) is 13.2 Å². The number of likely N-dealkylation sites (tertiary alicyclic amines) is 1. The van der Waals surface area contributed by atoms with Crippen molar-refractivity contribution in [1.82, 2.24) is 4.90 Å². The van der Waals surface area contributed by atoms with E-state index < -0.39 is 0 Å². The van der Waals surface area contributed by atoms with Crippen molar-refractivity contribution in [3.63, 3.8) is 0 Å². The maximum Gasteiger partial charge on any atom is 0.254 e. The van der Waals surface area contributed by atoms with Crippen LogP contribution in [-0.4, -0.2) is 47.9 Å². The van der Waals surface area contributed by atoms with Gasteiger partial charge in [-0.05, 0) is 35.7 Å². The van der Waals surface area contributed by atoms with Crippen molar-refractivity contribution in [2.45, 2.75) is 19.4 Å². The highest BCUT2D eigenvalue weighted by molar-refractivity contribution is 6.00. The summed E-state index contributed by atoms with van der Waals surface area (Å²) in [6, 6.07) is 14.9. The predicted molar refractivity (Wildman–Crippen MR) is 102 cm³/mol. The Labute approximate surface area is 158 Å². The van der Waals surface area contributed by atoms with Crippen LogP contribution in [0.3, 0.4) is 0 Å². The van der Waals surface area contributed by atoms with E-state index in [1.807, 2.05) is 37.3 Å². The Morgan fingerprint density at radius 1 is 1.33 bits per heavy atom. The van der Waals surface area contributed by atoms with E-state index >= 15 is 0 Å². The largest absolute Gasteiger partial charge is 0.399 e. The summed E-state index contributed by atoms with van der Waals surface area (Å²) in [6.07, 6.45) is 0.503. The summed E-state index contributed by atoms with van der Waals surface area (Å²) in [5.74, 6) is -0.161. The van der Waals surface area contributed by atoms with Gasteiger partial charge in [-0.25, -0.2) is 0 Å². The maximum absolute atomic E-state index is 12.9. The van der Waals surface area contributed by atoms with E-state index in [1.165, 1.54) is 7.11 Å². The van der Waals surface area contributed by atoms with Crippen LogP contribution in [0.15, 0.2) is 47.6 Å². The second kappa shape index (κ2) is 8.02. The summed E-state index contributed by atoms with van der Waals surface area (Å²) < 4.78 is 0. The molecule has 1 amide bonds. The number of aliphatic hydroxyl groups is 1. The molecular formula is C21H21N3O3. The molecule has 27 heavy (non-hydrogen) atoms. The molecular weight excluding hydrogens is 342 g/mol. The van der Waals surface area contributed by atoms with Crippen molar-refractivity contribution in [3.05, 3.63) is 59.2 Å². The molecule has 0 radical (unpaired) electrons. The first-order valence-electron chi connectivity index (χ1n) is 8.70. The molecule has 138 valence electrons. The number of amides is 1. The number of rotatable bonds is 4. The first kappa shape index (κ1) is 18.6. The van der Waals surface area contributed by atoms with Crippen LogP contribution in [0, 0.1) is 18.3 Å². The highest BCUT2D eigenvalue weighted by Gasteiger charge is 2.33. The number of hydrogen-bond acceptors (Lipinski definition) is 5. The van der Waals surface area contributed by atoms with Gasteiger partial charge >= 0.3 is 0 Å². The van der Waals surface area contributed by atoms with Crippen molar-refractivity contribution < 1.29 is 14.7 Å². The van der Waals surface area contributed by atoms with Gasteiger partial charge < -0.3 is 14.8 Å². The first-order chi connectivity index (χ1) is 13.1. The number of oxime groups is 1. The monoisotopic (exact) mass is 363 g/mol. The summed E-state index contributed by atoms with van der Waals surface area (Å²) in [4.78, 5) is 19.3. The third kappa shape index (κ3) is 3.69. The molecule has 1 aliphatic rings. The molecule has 1 atom stereocenters. The van der Waals surface area contributed by atoms with Crippen LogP contribution >= 0.6 is 0 Å². The molecule has 6 nitrogen and oxygen atoms in total. The van der Waals surface area contributed by atoms with Gasteiger partial charge in [0.05, 0.1) is 30.5 Å². The molecule has 6 heteroatoms. The fraction of sp³-hybridized carbons (Fsp3) is 0.286. The summed E-state index contributed by atoms with van der Waals surface area (Å²) >= 11 is 0. The summed E-state index contributed by atoms with van der Waals surface area (Å²) in [7, 11) is 1.46. The second-order valence-corrected chi connectivity index (χ2v) is 6.50. The molecule has 1 fully saturated rings. The Bertz CT molecular complexity index is 913. The lowest BCUT2D eigenvalue weighted by Crippen LogP contribution is -2.37.